The third kappa shape index (κ3) is 3.12. The van der Waals surface area contributed by atoms with Crippen LogP contribution in [0.25, 0.3) is 32.7 Å². The number of hydrogen-bond donors (Lipinski definition) is 0. The Labute approximate surface area is 271 Å². The first kappa shape index (κ1) is 25.2. The molecule has 0 saturated carbocycles. The van der Waals surface area contributed by atoms with Gasteiger partial charge in [-0.2, -0.15) is 0 Å². The normalized spacial score (nSPS) is 14.3. The number of urea groups is 1. The Morgan fingerprint density at radius 3 is 1.77 bits per heavy atom. The van der Waals surface area contributed by atoms with Gasteiger partial charge in [0.1, 0.15) is 11.2 Å². The predicted octanol–water partition coefficient (Wildman–Crippen LogP) is 5.81. The van der Waals surface area contributed by atoms with Crippen molar-refractivity contribution < 1.29 is 9.21 Å². The van der Waals surface area contributed by atoms with Gasteiger partial charge in [-0.15, -0.1) is 0 Å². The van der Waals surface area contributed by atoms with Gasteiger partial charge in [-0.05, 0) is 40.1 Å². The zero-order chi connectivity index (χ0) is 30.8. The molecule has 2 amide bonds. The molecule has 0 unspecified atom stereocenters. The number of rotatable bonds is 2. The van der Waals surface area contributed by atoms with Crippen molar-refractivity contribution in [2.75, 3.05) is 9.80 Å². The van der Waals surface area contributed by atoms with Gasteiger partial charge in [0.15, 0.2) is 0 Å². The molecule has 0 aliphatic carbocycles. The minimum Gasteiger partial charge on any atom is -0.455 e. The first-order valence-corrected chi connectivity index (χ1v) is 16.2. The second kappa shape index (κ2) is 9.05. The third-order valence-electron chi connectivity index (χ3n) is 10.5. The first-order valence-electron chi connectivity index (χ1n) is 16.2. The molecular formula is C41H24B2N2O2. The zero-order valence-electron chi connectivity index (χ0n) is 25.2. The Hall–Kier alpha value is -6.00. The van der Waals surface area contributed by atoms with Crippen molar-refractivity contribution >= 4 is 108 Å². The van der Waals surface area contributed by atoms with Crippen LogP contribution >= 0.6 is 0 Å². The molecule has 3 aliphatic rings. The van der Waals surface area contributed by atoms with Crippen LogP contribution in [0.1, 0.15) is 0 Å². The van der Waals surface area contributed by atoms with Crippen LogP contribution in [-0.2, 0) is 0 Å². The Balaban J connectivity index is 1.39. The fraction of sp³-hybridized carbons (Fsp3) is 0. The predicted molar refractivity (Wildman–Crippen MR) is 196 cm³/mol. The number of fused-ring (bicyclic) bond motifs is 9. The molecular weight excluding hydrogens is 574 g/mol. The molecule has 7 aromatic carbocycles. The lowest BCUT2D eigenvalue weighted by Gasteiger charge is -2.46. The molecule has 6 heteroatoms. The molecule has 0 atom stereocenters. The molecule has 0 N–H and O–H groups in total. The maximum Gasteiger partial charge on any atom is 0.338 e. The van der Waals surface area contributed by atoms with E-state index >= 15 is 4.79 Å². The number of furan rings is 1. The van der Waals surface area contributed by atoms with Crippen LogP contribution in [0, 0.1) is 0 Å². The Bertz CT molecular complexity index is 2630. The van der Waals surface area contributed by atoms with Crippen molar-refractivity contribution in [2.24, 2.45) is 0 Å². The van der Waals surface area contributed by atoms with Crippen LogP contribution in [0.15, 0.2) is 150 Å². The van der Waals surface area contributed by atoms with Crippen LogP contribution in [0.2, 0.25) is 0 Å². The van der Waals surface area contributed by atoms with Gasteiger partial charge < -0.3 is 4.42 Å². The number of amides is 2. The van der Waals surface area contributed by atoms with Crippen LogP contribution in [0.4, 0.5) is 27.5 Å². The molecule has 47 heavy (non-hydrogen) atoms. The molecule has 0 radical (unpaired) electrons. The summed E-state index contributed by atoms with van der Waals surface area (Å²) in [6.45, 7) is -0.118. The van der Waals surface area contributed by atoms with E-state index in [0.29, 0.717) is 0 Å². The number of para-hydroxylation sites is 3. The maximum atomic E-state index is 15.3. The van der Waals surface area contributed by atoms with E-state index in [-0.39, 0.29) is 19.5 Å². The van der Waals surface area contributed by atoms with E-state index in [2.05, 4.69) is 127 Å². The van der Waals surface area contributed by atoms with E-state index in [1.807, 2.05) is 28.0 Å². The van der Waals surface area contributed by atoms with Gasteiger partial charge in [-0.3, -0.25) is 9.80 Å². The Morgan fingerprint density at radius 2 is 1.04 bits per heavy atom. The van der Waals surface area contributed by atoms with Crippen LogP contribution < -0.4 is 42.6 Å². The standard InChI is InChI=1S/C41H24B2N2O2/c46-41-44-32-20-10-8-18-29(32)42(25-13-3-1-4-14-25)31-24-23-28-36(38(31)44)39-37(35-27-17-7-12-22-34(27)47-40(28)35)43(26-15-5-2-6-16-26)30-19-9-11-21-33(30)45(39)41/h1-24H. The van der Waals surface area contributed by atoms with Crippen molar-refractivity contribution in [2.45, 2.75) is 0 Å². The fourth-order valence-corrected chi connectivity index (χ4v) is 8.71. The molecule has 0 fully saturated rings. The van der Waals surface area contributed by atoms with E-state index in [1.165, 1.54) is 10.9 Å². The highest BCUT2D eigenvalue weighted by molar-refractivity contribution is 7.01. The number of hydrogen-bond acceptors (Lipinski definition) is 2. The van der Waals surface area contributed by atoms with E-state index in [9.17, 15) is 0 Å². The molecule has 0 saturated heterocycles. The largest absolute Gasteiger partial charge is 0.455 e. The summed E-state index contributed by atoms with van der Waals surface area (Å²) in [6.07, 6.45) is 0. The lowest BCUT2D eigenvalue weighted by Crippen LogP contribution is -2.64. The lowest BCUT2D eigenvalue weighted by atomic mass is 9.33. The first-order chi connectivity index (χ1) is 23.3. The summed E-state index contributed by atoms with van der Waals surface area (Å²) < 4.78 is 6.83. The Morgan fingerprint density at radius 1 is 0.468 bits per heavy atom. The molecule has 3 aliphatic heterocycles. The van der Waals surface area contributed by atoms with E-state index in [0.717, 1.165) is 77.3 Å². The molecule has 0 bridgehead atoms. The highest BCUT2D eigenvalue weighted by atomic mass is 16.3. The van der Waals surface area contributed by atoms with E-state index in [4.69, 9.17) is 4.42 Å². The van der Waals surface area contributed by atoms with E-state index in [1.54, 1.807) is 0 Å². The molecule has 4 nitrogen and oxygen atoms in total. The molecule has 8 aromatic rings. The van der Waals surface area contributed by atoms with Gasteiger partial charge in [-0.25, -0.2) is 4.79 Å². The molecule has 11 rings (SSSR count). The number of benzene rings is 7. The summed E-state index contributed by atoms with van der Waals surface area (Å²) in [6, 6.07) is 50.9. The number of carbonyl (C=O) groups excluding carboxylic acids is 1. The molecule has 0 spiro atoms. The van der Waals surface area contributed by atoms with Crippen molar-refractivity contribution in [3.8, 4) is 0 Å². The average Bonchev–Trinajstić information content (AvgIpc) is 3.53. The smallest absolute Gasteiger partial charge is 0.338 e. The van der Waals surface area contributed by atoms with Gasteiger partial charge in [0.25, 0.3) is 0 Å². The molecule has 4 heterocycles. The highest BCUT2D eigenvalue weighted by Crippen LogP contribution is 2.50. The quantitative estimate of drug-likeness (QED) is 0.236. The van der Waals surface area contributed by atoms with Crippen LogP contribution in [0.5, 0.6) is 0 Å². The topological polar surface area (TPSA) is 36.7 Å². The number of nitrogens with zero attached hydrogens (tertiary/aromatic N) is 2. The minimum absolute atomic E-state index is 0.0229. The third-order valence-corrected chi connectivity index (χ3v) is 10.5. The monoisotopic (exact) mass is 598 g/mol. The van der Waals surface area contributed by atoms with Crippen molar-refractivity contribution in [3.05, 3.63) is 146 Å². The number of anilines is 4. The summed E-state index contributed by atoms with van der Waals surface area (Å²) in [7, 11) is 0. The van der Waals surface area contributed by atoms with Crippen LogP contribution in [-0.4, -0.2) is 19.5 Å². The summed E-state index contributed by atoms with van der Waals surface area (Å²) in [5.74, 6) is 0. The van der Waals surface area contributed by atoms with Gasteiger partial charge in [-0.1, -0.05) is 138 Å². The molecule has 1 aromatic heterocycles. The summed E-state index contributed by atoms with van der Waals surface area (Å²) in [5.41, 5.74) is 12.4. The summed E-state index contributed by atoms with van der Waals surface area (Å²) in [5, 5.41) is 4.23. The second-order valence-corrected chi connectivity index (χ2v) is 12.7. The van der Waals surface area contributed by atoms with Crippen LogP contribution in [0.3, 0.4) is 0 Å². The molecule has 216 valence electrons. The summed E-state index contributed by atoms with van der Waals surface area (Å²) >= 11 is 0. The van der Waals surface area contributed by atoms with Crippen molar-refractivity contribution in [1.82, 2.24) is 0 Å². The second-order valence-electron chi connectivity index (χ2n) is 12.7. The average molecular weight is 598 g/mol. The Kier molecular flexibility index (Phi) is 4.86. The summed E-state index contributed by atoms with van der Waals surface area (Å²) in [4.78, 5) is 19.3. The maximum absolute atomic E-state index is 15.3. The van der Waals surface area contributed by atoms with E-state index < -0.39 is 0 Å². The van der Waals surface area contributed by atoms with Crippen molar-refractivity contribution in [1.29, 1.82) is 0 Å². The fourth-order valence-electron chi connectivity index (χ4n) is 8.71. The SMILES string of the molecule is O=C1N2c3ccccc3B(c3ccccc3)c3ccc4c(c32)c2c(c3c5ccccc5oc43)B(c3ccccc3)c3ccccc3N12. The lowest BCUT2D eigenvalue weighted by molar-refractivity contribution is 0.255. The van der Waals surface area contributed by atoms with Gasteiger partial charge in [0.05, 0.1) is 11.4 Å². The number of carbonyl (C=O) groups is 1. The van der Waals surface area contributed by atoms with Gasteiger partial charge in [0.2, 0.25) is 13.4 Å². The van der Waals surface area contributed by atoms with Gasteiger partial charge in [0, 0.05) is 32.9 Å². The van der Waals surface area contributed by atoms with Gasteiger partial charge >= 0.3 is 6.03 Å². The minimum atomic E-state index is -0.0949. The highest BCUT2D eigenvalue weighted by Gasteiger charge is 2.49. The zero-order valence-corrected chi connectivity index (χ0v) is 25.2. The van der Waals surface area contributed by atoms with Crippen molar-refractivity contribution in [3.63, 3.8) is 0 Å².